The van der Waals surface area contributed by atoms with Crippen LogP contribution in [0.1, 0.15) is 28.8 Å². The van der Waals surface area contributed by atoms with Gasteiger partial charge in [0.2, 0.25) is 11.8 Å². The van der Waals surface area contributed by atoms with Crippen molar-refractivity contribution in [2.75, 3.05) is 4.90 Å². The molecule has 1 N–H and O–H groups in total. The number of nitrogens with zero attached hydrogens (tertiary/aromatic N) is 4. The minimum absolute atomic E-state index is 0.0869. The molecule has 0 amide bonds. The van der Waals surface area contributed by atoms with E-state index in [0.717, 1.165) is 22.4 Å². The molecule has 0 saturated carbocycles. The zero-order chi connectivity index (χ0) is 21.8. The summed E-state index contributed by atoms with van der Waals surface area (Å²) in [6.45, 7) is 0.429. The number of carbonyl (C=O) groups is 1. The Labute approximate surface area is 184 Å². The van der Waals surface area contributed by atoms with Gasteiger partial charge in [-0.1, -0.05) is 48.5 Å². The number of fused-ring (bicyclic) bond motifs is 1. The van der Waals surface area contributed by atoms with E-state index in [0.29, 0.717) is 30.6 Å². The van der Waals surface area contributed by atoms with Crippen LogP contribution in [0.2, 0.25) is 0 Å². The summed E-state index contributed by atoms with van der Waals surface area (Å²) in [5.41, 5.74) is 3.67. The van der Waals surface area contributed by atoms with Gasteiger partial charge in [-0.2, -0.15) is 0 Å². The number of hydrogen-bond donors (Lipinski definition) is 1. The van der Waals surface area contributed by atoms with Crippen LogP contribution in [0.4, 0.5) is 11.4 Å². The molecule has 3 aromatic carbocycles. The average molecular weight is 423 g/mol. The van der Waals surface area contributed by atoms with Gasteiger partial charge in [-0.25, -0.2) is 4.98 Å². The first-order chi connectivity index (χ1) is 15.8. The first-order valence-corrected chi connectivity index (χ1v) is 10.4. The Balaban J connectivity index is 1.28. The molecule has 0 atom stereocenters. The quantitative estimate of drug-likeness (QED) is 0.349. The molecule has 32 heavy (non-hydrogen) atoms. The molecule has 0 radical (unpaired) electrons. The predicted molar refractivity (Wildman–Crippen MR) is 122 cm³/mol. The highest BCUT2D eigenvalue weighted by atomic mass is 16.4. The summed E-state index contributed by atoms with van der Waals surface area (Å²) in [7, 11) is 0. The van der Waals surface area contributed by atoms with Crippen LogP contribution in [-0.4, -0.2) is 25.9 Å². The van der Waals surface area contributed by atoms with E-state index in [1.165, 1.54) is 0 Å². The molecule has 7 heteroatoms. The largest absolute Gasteiger partial charge is 0.423 e. The maximum absolute atomic E-state index is 12.6. The van der Waals surface area contributed by atoms with Gasteiger partial charge in [-0.05, 0) is 36.4 Å². The van der Waals surface area contributed by atoms with Crippen LogP contribution in [-0.2, 0) is 13.0 Å². The van der Waals surface area contributed by atoms with Crippen LogP contribution in [0.3, 0.4) is 0 Å². The van der Waals surface area contributed by atoms with E-state index >= 15 is 0 Å². The standard InChI is InChI=1S/C25H21N5O2/c31-22(25-26-20-13-7-8-14-21(20)27-25)15-16-23-28-29-24(32-23)17-30(18-9-3-1-4-10-18)19-11-5-2-6-12-19/h1-14H,15-17H2,(H,26,27). The Morgan fingerprint density at radius 2 is 1.44 bits per heavy atom. The molecular weight excluding hydrogens is 402 g/mol. The van der Waals surface area contributed by atoms with Crippen LogP contribution in [0, 0.1) is 0 Å². The molecule has 0 spiro atoms. The fourth-order valence-electron chi connectivity index (χ4n) is 3.56. The summed E-state index contributed by atoms with van der Waals surface area (Å²) in [5, 5.41) is 8.34. The van der Waals surface area contributed by atoms with Gasteiger partial charge in [0, 0.05) is 24.2 Å². The highest BCUT2D eigenvalue weighted by Gasteiger charge is 2.17. The lowest BCUT2D eigenvalue weighted by Gasteiger charge is -2.23. The van der Waals surface area contributed by atoms with E-state index in [1.807, 2.05) is 84.9 Å². The van der Waals surface area contributed by atoms with Crippen LogP contribution < -0.4 is 4.90 Å². The molecule has 0 aliphatic carbocycles. The third-order valence-corrected chi connectivity index (χ3v) is 5.16. The van der Waals surface area contributed by atoms with E-state index in [4.69, 9.17) is 4.42 Å². The number of carbonyl (C=O) groups excluding carboxylic acids is 1. The minimum atomic E-state index is -0.0869. The lowest BCUT2D eigenvalue weighted by molar-refractivity contribution is 0.0971. The molecule has 0 aliphatic heterocycles. The number of aromatic amines is 1. The zero-order valence-electron chi connectivity index (χ0n) is 17.3. The lowest BCUT2D eigenvalue weighted by Crippen LogP contribution is -2.16. The van der Waals surface area contributed by atoms with Gasteiger partial charge in [0.15, 0.2) is 11.6 Å². The van der Waals surface area contributed by atoms with E-state index in [1.54, 1.807) is 0 Å². The number of hydrogen-bond acceptors (Lipinski definition) is 6. The van der Waals surface area contributed by atoms with Crippen molar-refractivity contribution in [3.63, 3.8) is 0 Å². The number of benzene rings is 3. The number of aryl methyl sites for hydroxylation is 1. The van der Waals surface area contributed by atoms with Crippen molar-refractivity contribution in [1.29, 1.82) is 0 Å². The first kappa shape index (κ1) is 19.7. The van der Waals surface area contributed by atoms with E-state index in [9.17, 15) is 4.79 Å². The summed E-state index contributed by atoms with van der Waals surface area (Å²) in [5.74, 6) is 1.19. The molecule has 0 fully saturated rings. The Hall–Kier alpha value is -4.26. The molecule has 0 unspecified atom stereocenters. The Bertz CT molecular complexity index is 1260. The van der Waals surface area contributed by atoms with Crippen LogP contribution in [0.15, 0.2) is 89.3 Å². The molecule has 2 aromatic heterocycles. The normalized spacial score (nSPS) is 11.0. The van der Waals surface area contributed by atoms with Gasteiger partial charge in [-0.3, -0.25) is 4.79 Å². The Morgan fingerprint density at radius 1 is 0.812 bits per heavy atom. The van der Waals surface area contributed by atoms with Crippen molar-refractivity contribution >= 4 is 28.2 Å². The smallest absolute Gasteiger partial charge is 0.236 e. The summed E-state index contributed by atoms with van der Waals surface area (Å²) < 4.78 is 5.86. The second kappa shape index (κ2) is 8.85. The van der Waals surface area contributed by atoms with E-state index in [-0.39, 0.29) is 12.2 Å². The number of nitrogens with one attached hydrogen (secondary N) is 1. The monoisotopic (exact) mass is 423 g/mol. The number of ketones is 1. The second-order valence-corrected chi connectivity index (χ2v) is 7.37. The molecule has 5 rings (SSSR count). The highest BCUT2D eigenvalue weighted by Crippen LogP contribution is 2.27. The van der Waals surface area contributed by atoms with Gasteiger partial charge in [-0.15, -0.1) is 10.2 Å². The molecule has 158 valence electrons. The summed E-state index contributed by atoms with van der Waals surface area (Å²) in [4.78, 5) is 22.1. The SMILES string of the molecule is O=C(CCc1nnc(CN(c2ccccc2)c2ccccc2)o1)c1nc2ccccc2[nH]1. The summed E-state index contributed by atoms with van der Waals surface area (Å²) >= 11 is 0. The number of imidazole rings is 1. The first-order valence-electron chi connectivity index (χ1n) is 10.4. The van der Waals surface area contributed by atoms with Crippen LogP contribution >= 0.6 is 0 Å². The average Bonchev–Trinajstić information content (AvgIpc) is 3.49. The van der Waals surface area contributed by atoms with Crippen molar-refractivity contribution in [3.8, 4) is 0 Å². The molecule has 0 bridgehead atoms. The third-order valence-electron chi connectivity index (χ3n) is 5.16. The van der Waals surface area contributed by atoms with Crippen molar-refractivity contribution in [2.45, 2.75) is 19.4 Å². The number of rotatable bonds is 8. The molecule has 2 heterocycles. The van der Waals surface area contributed by atoms with Gasteiger partial charge in [0.25, 0.3) is 0 Å². The van der Waals surface area contributed by atoms with Gasteiger partial charge in [0.05, 0.1) is 11.0 Å². The Kier molecular flexibility index (Phi) is 5.45. The fourth-order valence-corrected chi connectivity index (χ4v) is 3.56. The lowest BCUT2D eigenvalue weighted by atomic mass is 10.2. The maximum atomic E-state index is 12.6. The minimum Gasteiger partial charge on any atom is -0.423 e. The number of H-pyrrole nitrogens is 1. The number of aromatic nitrogens is 4. The fraction of sp³-hybridized carbons (Fsp3) is 0.120. The van der Waals surface area contributed by atoms with Crippen molar-refractivity contribution < 1.29 is 9.21 Å². The third kappa shape index (κ3) is 4.27. The number of Topliss-reactive ketones (excluding diaryl/α,β-unsaturated/α-hetero) is 1. The molecular formula is C25H21N5O2. The van der Waals surface area contributed by atoms with Gasteiger partial charge >= 0.3 is 0 Å². The van der Waals surface area contributed by atoms with Crippen molar-refractivity contribution in [3.05, 3.63) is 103 Å². The van der Waals surface area contributed by atoms with E-state index < -0.39 is 0 Å². The Morgan fingerprint density at radius 3 is 2.12 bits per heavy atom. The number of para-hydroxylation sites is 4. The summed E-state index contributed by atoms with van der Waals surface area (Å²) in [6, 6.07) is 27.7. The molecule has 5 aromatic rings. The second-order valence-electron chi connectivity index (χ2n) is 7.37. The molecule has 0 aliphatic rings. The van der Waals surface area contributed by atoms with Crippen molar-refractivity contribution in [1.82, 2.24) is 20.2 Å². The topological polar surface area (TPSA) is 87.9 Å². The van der Waals surface area contributed by atoms with Gasteiger partial charge in [0.1, 0.15) is 6.54 Å². The highest BCUT2D eigenvalue weighted by molar-refractivity contribution is 5.95. The van der Waals surface area contributed by atoms with Gasteiger partial charge < -0.3 is 14.3 Å². The van der Waals surface area contributed by atoms with Crippen LogP contribution in [0.25, 0.3) is 11.0 Å². The maximum Gasteiger partial charge on any atom is 0.236 e. The summed E-state index contributed by atoms with van der Waals surface area (Å²) in [6.07, 6.45) is 0.599. The molecule has 0 saturated heterocycles. The zero-order valence-corrected chi connectivity index (χ0v) is 17.3. The van der Waals surface area contributed by atoms with Crippen LogP contribution in [0.5, 0.6) is 0 Å². The molecule has 7 nitrogen and oxygen atoms in total. The number of anilines is 2. The predicted octanol–water partition coefficient (Wildman–Crippen LogP) is 5.10. The van der Waals surface area contributed by atoms with E-state index in [2.05, 4.69) is 25.1 Å². The van der Waals surface area contributed by atoms with Crippen molar-refractivity contribution in [2.24, 2.45) is 0 Å².